The number of hydrogen-bond donors (Lipinski definition) is 2. The minimum absolute atomic E-state index is 0.00668. The molecule has 0 aliphatic heterocycles. The second kappa shape index (κ2) is 5.61. The number of nitrogens with zero attached hydrogens (tertiary/aromatic N) is 2. The van der Waals surface area contributed by atoms with E-state index in [1.54, 1.807) is 0 Å². The summed E-state index contributed by atoms with van der Waals surface area (Å²) in [5.74, 6) is -1.67. The molecule has 0 spiro atoms. The molecule has 0 fully saturated rings. The second-order valence-electron chi connectivity index (χ2n) is 4.18. The Labute approximate surface area is 108 Å². The molecule has 0 aliphatic carbocycles. The lowest BCUT2D eigenvalue weighted by Crippen LogP contribution is -2.33. The number of benzene rings is 1. The lowest BCUT2D eigenvalue weighted by atomic mass is 10.1. The highest BCUT2D eigenvalue weighted by Gasteiger charge is 2.25. The molecule has 3 N–H and O–H groups in total. The predicted octanol–water partition coefficient (Wildman–Crippen LogP) is 0.769. The first-order valence-corrected chi connectivity index (χ1v) is 5.41. The van der Waals surface area contributed by atoms with E-state index in [1.165, 1.54) is 14.0 Å². The number of likely N-dealkylation sites (N-methyl/N-ethyl adjacent to an activating group) is 1. The predicted molar refractivity (Wildman–Crippen MR) is 66.1 cm³/mol. The van der Waals surface area contributed by atoms with E-state index < -0.39 is 28.4 Å². The summed E-state index contributed by atoms with van der Waals surface area (Å²) in [4.78, 5) is 23.1. The molecule has 0 saturated carbocycles. The maximum atomic E-state index is 13.2. The maximum absolute atomic E-state index is 13.2. The Balaban J connectivity index is 3.21. The Kier molecular flexibility index (Phi) is 4.38. The molecule has 104 valence electrons. The zero-order valence-electron chi connectivity index (χ0n) is 10.5. The zero-order valence-corrected chi connectivity index (χ0v) is 10.5. The normalized spacial score (nSPS) is 12.0. The third-order valence-corrected chi connectivity index (χ3v) is 2.43. The first-order valence-electron chi connectivity index (χ1n) is 5.41. The van der Waals surface area contributed by atoms with E-state index in [0.29, 0.717) is 6.07 Å². The average Bonchev–Trinajstić information content (AvgIpc) is 2.29. The summed E-state index contributed by atoms with van der Waals surface area (Å²) in [6.07, 6.45) is -0.786. The molecule has 1 atom stereocenters. The van der Waals surface area contributed by atoms with Gasteiger partial charge in [-0.25, -0.2) is 4.39 Å². The monoisotopic (exact) mass is 271 g/mol. The van der Waals surface area contributed by atoms with E-state index in [1.807, 2.05) is 0 Å². The number of hydrogen-bond acceptors (Lipinski definition) is 5. The Morgan fingerprint density at radius 1 is 1.63 bits per heavy atom. The van der Waals surface area contributed by atoms with Crippen LogP contribution in [-0.4, -0.2) is 40.5 Å². The maximum Gasteiger partial charge on any atom is 0.285 e. The van der Waals surface area contributed by atoms with Crippen molar-refractivity contribution in [2.75, 3.05) is 19.3 Å². The SMILES string of the molecule is CC(O)CN(C)C(=O)c1cc(N)c(F)cc1[N+](=O)[O-]. The number of aliphatic hydroxyl groups is 1. The number of nitro benzene ring substituents is 1. The van der Waals surface area contributed by atoms with Gasteiger partial charge >= 0.3 is 0 Å². The molecule has 1 rings (SSSR count). The van der Waals surface area contributed by atoms with Gasteiger partial charge in [-0.15, -0.1) is 0 Å². The van der Waals surface area contributed by atoms with Crippen molar-refractivity contribution in [3.8, 4) is 0 Å². The molecule has 1 amide bonds. The molecule has 7 nitrogen and oxygen atoms in total. The van der Waals surface area contributed by atoms with Crippen LogP contribution in [-0.2, 0) is 0 Å². The topological polar surface area (TPSA) is 110 Å². The van der Waals surface area contributed by atoms with Gasteiger partial charge in [0.25, 0.3) is 11.6 Å². The minimum Gasteiger partial charge on any atom is -0.396 e. The number of nitrogen functional groups attached to an aromatic ring is 1. The number of carbonyl (C=O) groups excluding carboxylic acids is 1. The van der Waals surface area contributed by atoms with E-state index in [0.717, 1.165) is 11.0 Å². The largest absolute Gasteiger partial charge is 0.396 e. The lowest BCUT2D eigenvalue weighted by Gasteiger charge is -2.18. The Hall–Kier alpha value is -2.22. The Morgan fingerprint density at radius 3 is 2.68 bits per heavy atom. The number of nitro groups is 1. The summed E-state index contributed by atoms with van der Waals surface area (Å²) in [7, 11) is 1.37. The highest BCUT2D eigenvalue weighted by molar-refractivity contribution is 5.99. The van der Waals surface area contributed by atoms with Gasteiger partial charge in [-0.2, -0.15) is 0 Å². The summed E-state index contributed by atoms with van der Waals surface area (Å²) in [6.45, 7) is 1.46. The van der Waals surface area contributed by atoms with Crippen molar-refractivity contribution >= 4 is 17.3 Å². The molecular formula is C11H14FN3O4. The van der Waals surface area contributed by atoms with Gasteiger partial charge in [-0.05, 0) is 13.0 Å². The van der Waals surface area contributed by atoms with Gasteiger partial charge in [0.05, 0.1) is 22.8 Å². The summed E-state index contributed by atoms with van der Waals surface area (Å²) in [5.41, 5.74) is 3.99. The smallest absolute Gasteiger partial charge is 0.285 e. The van der Waals surface area contributed by atoms with Crippen molar-refractivity contribution in [1.29, 1.82) is 0 Å². The average molecular weight is 271 g/mol. The van der Waals surface area contributed by atoms with Crippen LogP contribution in [0.5, 0.6) is 0 Å². The highest BCUT2D eigenvalue weighted by Crippen LogP contribution is 2.25. The molecule has 0 aliphatic rings. The van der Waals surface area contributed by atoms with Crippen molar-refractivity contribution in [2.24, 2.45) is 0 Å². The van der Waals surface area contributed by atoms with Crippen LogP contribution in [0.3, 0.4) is 0 Å². The molecule has 0 radical (unpaired) electrons. The molecule has 1 unspecified atom stereocenters. The van der Waals surface area contributed by atoms with E-state index >= 15 is 0 Å². The molecule has 0 heterocycles. The Bertz CT molecular complexity index is 519. The van der Waals surface area contributed by atoms with Gasteiger partial charge in [0.1, 0.15) is 5.56 Å². The highest BCUT2D eigenvalue weighted by atomic mass is 19.1. The fraction of sp³-hybridized carbons (Fsp3) is 0.364. The molecule has 1 aromatic carbocycles. The number of nitrogens with two attached hydrogens (primary N) is 1. The van der Waals surface area contributed by atoms with Gasteiger partial charge < -0.3 is 15.7 Å². The van der Waals surface area contributed by atoms with E-state index in [4.69, 9.17) is 5.73 Å². The third-order valence-electron chi connectivity index (χ3n) is 2.43. The summed E-state index contributed by atoms with van der Waals surface area (Å²) in [5, 5.41) is 20.0. The van der Waals surface area contributed by atoms with Crippen molar-refractivity contribution < 1.29 is 19.2 Å². The quantitative estimate of drug-likeness (QED) is 0.477. The van der Waals surface area contributed by atoms with Crippen molar-refractivity contribution in [2.45, 2.75) is 13.0 Å². The van der Waals surface area contributed by atoms with Gasteiger partial charge in [0.15, 0.2) is 5.82 Å². The fourth-order valence-corrected chi connectivity index (χ4v) is 1.59. The standard InChI is InChI=1S/C11H14FN3O4/c1-6(16)5-14(2)11(17)7-3-9(13)8(12)4-10(7)15(18)19/h3-4,6,16H,5,13H2,1-2H3. The van der Waals surface area contributed by atoms with Gasteiger partial charge in [0, 0.05) is 13.6 Å². The first kappa shape index (κ1) is 14.8. The van der Waals surface area contributed by atoms with Crippen molar-refractivity contribution in [3.63, 3.8) is 0 Å². The van der Waals surface area contributed by atoms with Crippen LogP contribution in [0.25, 0.3) is 0 Å². The third kappa shape index (κ3) is 3.38. The van der Waals surface area contributed by atoms with E-state index in [-0.39, 0.29) is 17.8 Å². The first-order chi connectivity index (χ1) is 8.73. The van der Waals surface area contributed by atoms with Crippen molar-refractivity contribution in [3.05, 3.63) is 33.6 Å². The molecule has 0 bridgehead atoms. The second-order valence-corrected chi connectivity index (χ2v) is 4.18. The summed E-state index contributed by atoms with van der Waals surface area (Å²) >= 11 is 0. The van der Waals surface area contributed by atoms with Crippen LogP contribution in [0.4, 0.5) is 15.8 Å². The van der Waals surface area contributed by atoms with Crippen LogP contribution >= 0.6 is 0 Å². The van der Waals surface area contributed by atoms with Gasteiger partial charge in [-0.1, -0.05) is 0 Å². The molecule has 8 heteroatoms. The molecule has 0 aromatic heterocycles. The number of carbonyl (C=O) groups is 1. The molecule has 0 saturated heterocycles. The number of anilines is 1. The number of rotatable bonds is 4. The van der Waals surface area contributed by atoms with Gasteiger partial charge in [0.2, 0.25) is 0 Å². The van der Waals surface area contributed by atoms with Crippen LogP contribution in [0.1, 0.15) is 17.3 Å². The number of halogens is 1. The lowest BCUT2D eigenvalue weighted by molar-refractivity contribution is -0.385. The molecule has 19 heavy (non-hydrogen) atoms. The van der Waals surface area contributed by atoms with Crippen LogP contribution < -0.4 is 5.73 Å². The number of aliphatic hydroxyl groups excluding tert-OH is 1. The van der Waals surface area contributed by atoms with Crippen LogP contribution in [0, 0.1) is 15.9 Å². The zero-order chi connectivity index (χ0) is 14.7. The van der Waals surface area contributed by atoms with Crippen molar-refractivity contribution in [1.82, 2.24) is 4.90 Å². The van der Waals surface area contributed by atoms with Crippen LogP contribution in [0.2, 0.25) is 0 Å². The van der Waals surface area contributed by atoms with E-state index in [2.05, 4.69) is 0 Å². The van der Waals surface area contributed by atoms with E-state index in [9.17, 15) is 24.4 Å². The summed E-state index contributed by atoms with van der Waals surface area (Å²) < 4.78 is 13.2. The molecular weight excluding hydrogens is 257 g/mol. The van der Waals surface area contributed by atoms with Crippen LogP contribution in [0.15, 0.2) is 12.1 Å². The minimum atomic E-state index is -0.957. The molecule has 1 aromatic rings. The van der Waals surface area contributed by atoms with Gasteiger partial charge in [-0.3, -0.25) is 14.9 Å². The number of amides is 1. The fourth-order valence-electron chi connectivity index (χ4n) is 1.59. The summed E-state index contributed by atoms with van der Waals surface area (Å²) in [6, 6.07) is 1.53. The Morgan fingerprint density at radius 2 is 2.21 bits per heavy atom.